The first-order valence-electron chi connectivity index (χ1n) is 9.27. The second-order valence-corrected chi connectivity index (χ2v) is 6.44. The Morgan fingerprint density at radius 3 is 2.79 bits per heavy atom. The predicted molar refractivity (Wildman–Crippen MR) is 104 cm³/mol. The maximum absolute atomic E-state index is 12.5. The van der Waals surface area contributed by atoms with Gasteiger partial charge in [-0.2, -0.15) is 0 Å². The number of rotatable bonds is 11. The SMILES string of the molecule is CCCCC[C@@H](CN(O)C=O)C(=O)NNc1cc(-c2ccccn2)nc(C)n1. The van der Waals surface area contributed by atoms with E-state index in [1.807, 2.05) is 18.2 Å². The van der Waals surface area contributed by atoms with Gasteiger partial charge in [0.1, 0.15) is 11.6 Å². The molecule has 9 heteroatoms. The number of hydrogen-bond acceptors (Lipinski definition) is 7. The normalized spacial score (nSPS) is 11.5. The summed E-state index contributed by atoms with van der Waals surface area (Å²) in [7, 11) is 0. The average molecular weight is 386 g/mol. The number of aryl methyl sites for hydroxylation is 1. The molecule has 150 valence electrons. The second-order valence-electron chi connectivity index (χ2n) is 6.44. The van der Waals surface area contributed by atoms with Crippen molar-refractivity contribution in [1.29, 1.82) is 0 Å². The topological polar surface area (TPSA) is 120 Å². The van der Waals surface area contributed by atoms with Crippen LogP contribution in [0.2, 0.25) is 0 Å². The van der Waals surface area contributed by atoms with Crippen LogP contribution in [-0.2, 0) is 9.59 Å². The van der Waals surface area contributed by atoms with Crippen LogP contribution >= 0.6 is 0 Å². The molecule has 0 saturated heterocycles. The van der Waals surface area contributed by atoms with Crippen LogP contribution in [0.5, 0.6) is 0 Å². The number of carbonyl (C=O) groups excluding carboxylic acids is 2. The minimum atomic E-state index is -0.535. The lowest BCUT2D eigenvalue weighted by atomic mass is 10.0. The molecule has 0 spiro atoms. The van der Waals surface area contributed by atoms with E-state index in [4.69, 9.17) is 0 Å². The molecule has 0 aliphatic carbocycles. The second kappa shape index (κ2) is 10.9. The van der Waals surface area contributed by atoms with E-state index in [9.17, 15) is 14.8 Å². The number of hydroxylamine groups is 2. The van der Waals surface area contributed by atoms with Gasteiger partial charge in [-0.15, -0.1) is 0 Å². The summed E-state index contributed by atoms with van der Waals surface area (Å²) in [6, 6.07) is 7.21. The zero-order chi connectivity index (χ0) is 20.4. The maximum Gasteiger partial charge on any atom is 0.243 e. The number of nitrogens with one attached hydrogen (secondary N) is 2. The third-order valence-electron chi connectivity index (χ3n) is 4.14. The van der Waals surface area contributed by atoms with E-state index in [2.05, 4.69) is 32.7 Å². The molecule has 0 saturated carbocycles. The molecule has 0 unspecified atom stereocenters. The van der Waals surface area contributed by atoms with Crippen LogP contribution in [0.1, 0.15) is 38.4 Å². The molecule has 2 aromatic rings. The van der Waals surface area contributed by atoms with E-state index in [0.717, 1.165) is 19.3 Å². The molecular formula is C19H26N6O3. The van der Waals surface area contributed by atoms with Crippen LogP contribution < -0.4 is 10.9 Å². The molecule has 28 heavy (non-hydrogen) atoms. The summed E-state index contributed by atoms with van der Waals surface area (Å²) in [5.74, 6) is 0.0899. The van der Waals surface area contributed by atoms with Crippen LogP contribution in [0, 0.1) is 12.8 Å². The van der Waals surface area contributed by atoms with Crippen molar-refractivity contribution < 1.29 is 14.8 Å². The highest BCUT2D eigenvalue weighted by Crippen LogP contribution is 2.17. The molecule has 1 atom stereocenters. The Bertz CT molecular complexity index is 772. The van der Waals surface area contributed by atoms with Crippen molar-refractivity contribution in [3.63, 3.8) is 0 Å². The molecule has 0 radical (unpaired) electrons. The lowest BCUT2D eigenvalue weighted by Gasteiger charge is -2.20. The molecule has 9 nitrogen and oxygen atoms in total. The number of unbranched alkanes of at least 4 members (excludes halogenated alkanes) is 2. The molecule has 0 bridgehead atoms. The fraction of sp³-hybridized carbons (Fsp3) is 0.421. The van der Waals surface area contributed by atoms with Crippen molar-refractivity contribution in [2.75, 3.05) is 12.0 Å². The maximum atomic E-state index is 12.5. The molecular weight excluding hydrogens is 360 g/mol. The van der Waals surface area contributed by atoms with Gasteiger partial charge >= 0.3 is 0 Å². The van der Waals surface area contributed by atoms with Gasteiger partial charge in [0, 0.05) is 12.3 Å². The van der Waals surface area contributed by atoms with Gasteiger partial charge in [0.25, 0.3) is 0 Å². The number of carbonyl (C=O) groups is 2. The molecule has 2 rings (SSSR count). The van der Waals surface area contributed by atoms with Crippen molar-refractivity contribution in [3.8, 4) is 11.4 Å². The summed E-state index contributed by atoms with van der Waals surface area (Å²) < 4.78 is 0. The fourth-order valence-corrected chi connectivity index (χ4v) is 2.72. The van der Waals surface area contributed by atoms with E-state index >= 15 is 0 Å². The number of anilines is 1. The highest BCUT2D eigenvalue weighted by molar-refractivity contribution is 5.80. The third-order valence-corrected chi connectivity index (χ3v) is 4.14. The van der Waals surface area contributed by atoms with E-state index in [1.165, 1.54) is 0 Å². The minimum absolute atomic E-state index is 0.0668. The molecule has 3 N–H and O–H groups in total. The summed E-state index contributed by atoms with van der Waals surface area (Å²) in [5, 5.41) is 9.95. The number of pyridine rings is 1. The Hall–Kier alpha value is -3.07. The number of hydrogen-bond donors (Lipinski definition) is 3. The van der Waals surface area contributed by atoms with E-state index in [-0.39, 0.29) is 12.5 Å². The van der Waals surface area contributed by atoms with Crippen molar-refractivity contribution in [1.82, 2.24) is 25.4 Å². The van der Waals surface area contributed by atoms with Gasteiger partial charge in [-0.1, -0.05) is 32.3 Å². The van der Waals surface area contributed by atoms with Gasteiger partial charge in [0.05, 0.1) is 23.9 Å². The molecule has 0 aliphatic heterocycles. The number of nitrogens with zero attached hydrogens (tertiary/aromatic N) is 4. The van der Waals surface area contributed by atoms with Crippen molar-refractivity contribution in [2.45, 2.75) is 39.5 Å². The first-order chi connectivity index (χ1) is 13.5. The lowest BCUT2D eigenvalue weighted by molar-refractivity contribution is -0.154. The Balaban J connectivity index is 2.04. The van der Waals surface area contributed by atoms with Gasteiger partial charge < -0.3 is 0 Å². The van der Waals surface area contributed by atoms with E-state index < -0.39 is 5.92 Å². The number of hydrazine groups is 1. The van der Waals surface area contributed by atoms with Gasteiger partial charge in [0.15, 0.2) is 0 Å². The van der Waals surface area contributed by atoms with E-state index in [0.29, 0.717) is 40.9 Å². The van der Waals surface area contributed by atoms with Gasteiger partial charge in [-0.05, 0) is 25.5 Å². The first-order valence-corrected chi connectivity index (χ1v) is 9.27. The largest absolute Gasteiger partial charge is 0.286 e. The van der Waals surface area contributed by atoms with Crippen LogP contribution in [0.3, 0.4) is 0 Å². The molecule has 0 aromatic carbocycles. The minimum Gasteiger partial charge on any atom is -0.286 e. The molecule has 0 fully saturated rings. The van der Waals surface area contributed by atoms with Crippen LogP contribution in [0.25, 0.3) is 11.4 Å². The Morgan fingerprint density at radius 1 is 1.29 bits per heavy atom. The first kappa shape index (κ1) is 21.2. The van der Waals surface area contributed by atoms with Gasteiger partial charge in [0.2, 0.25) is 12.3 Å². The molecule has 0 aliphatic rings. The average Bonchev–Trinajstić information content (AvgIpc) is 2.71. The monoisotopic (exact) mass is 386 g/mol. The number of amides is 2. The third kappa shape index (κ3) is 6.58. The number of aromatic nitrogens is 3. The molecule has 2 amide bonds. The Morgan fingerprint density at radius 2 is 2.11 bits per heavy atom. The van der Waals surface area contributed by atoms with Crippen molar-refractivity contribution in [2.24, 2.45) is 5.92 Å². The summed E-state index contributed by atoms with van der Waals surface area (Å²) in [5.41, 5.74) is 6.73. The zero-order valence-electron chi connectivity index (χ0n) is 16.1. The zero-order valence-corrected chi connectivity index (χ0v) is 16.1. The van der Waals surface area contributed by atoms with Crippen LogP contribution in [0.15, 0.2) is 30.5 Å². The van der Waals surface area contributed by atoms with E-state index in [1.54, 1.807) is 19.2 Å². The summed E-state index contributed by atoms with van der Waals surface area (Å²) in [4.78, 5) is 36.1. The van der Waals surface area contributed by atoms with Gasteiger partial charge in [-0.3, -0.25) is 30.6 Å². The van der Waals surface area contributed by atoms with Crippen LogP contribution in [0.4, 0.5) is 5.82 Å². The predicted octanol–water partition coefficient (Wildman–Crippen LogP) is 2.33. The lowest BCUT2D eigenvalue weighted by Crippen LogP contribution is -2.40. The van der Waals surface area contributed by atoms with Crippen molar-refractivity contribution >= 4 is 18.1 Å². The molecule has 2 aromatic heterocycles. The smallest absolute Gasteiger partial charge is 0.243 e. The summed E-state index contributed by atoms with van der Waals surface area (Å²) in [6.45, 7) is 3.75. The Kier molecular flexibility index (Phi) is 8.29. The Labute approximate surface area is 164 Å². The fourth-order valence-electron chi connectivity index (χ4n) is 2.72. The van der Waals surface area contributed by atoms with Crippen LogP contribution in [-0.4, -0.2) is 44.1 Å². The highest BCUT2D eigenvalue weighted by Gasteiger charge is 2.20. The summed E-state index contributed by atoms with van der Waals surface area (Å²) in [6.07, 6.45) is 5.35. The standard InChI is InChI=1S/C19H26N6O3/c1-3-4-5-8-15(12-25(28)13-26)19(27)24-23-18-11-17(21-14(2)22-18)16-9-6-7-10-20-16/h6-7,9-11,13,15,28H,3-5,8,12H2,1-2H3,(H,24,27)(H,21,22,23)/t15-/m0/s1. The summed E-state index contributed by atoms with van der Waals surface area (Å²) >= 11 is 0. The highest BCUT2D eigenvalue weighted by atomic mass is 16.5. The van der Waals surface area contributed by atoms with Gasteiger partial charge in [-0.25, -0.2) is 15.0 Å². The molecule has 2 heterocycles. The van der Waals surface area contributed by atoms with Crippen molar-refractivity contribution in [3.05, 3.63) is 36.3 Å². The quantitative estimate of drug-likeness (QED) is 0.235.